The lowest BCUT2D eigenvalue weighted by molar-refractivity contribution is 0.0687. The van der Waals surface area contributed by atoms with Crippen LogP contribution >= 0.6 is 11.6 Å². The molecule has 2 aromatic carbocycles. The van der Waals surface area contributed by atoms with Gasteiger partial charge >= 0.3 is 5.97 Å². The highest BCUT2D eigenvalue weighted by Gasteiger charge is 2.29. The second-order valence-corrected chi connectivity index (χ2v) is 8.80. The smallest absolute Gasteiger partial charge is 0.353 e. The van der Waals surface area contributed by atoms with Crippen LogP contribution in [0.5, 0.6) is 5.75 Å². The van der Waals surface area contributed by atoms with Crippen LogP contribution in [0.3, 0.4) is 0 Å². The molecular formula is C27H17ClFN3O5. The van der Waals surface area contributed by atoms with Crippen molar-refractivity contribution < 1.29 is 23.4 Å². The van der Waals surface area contributed by atoms with Crippen LogP contribution in [0.1, 0.15) is 16.1 Å². The van der Waals surface area contributed by atoms with Gasteiger partial charge in [0.1, 0.15) is 28.0 Å². The number of pyridine rings is 2. The van der Waals surface area contributed by atoms with E-state index in [9.17, 15) is 14.7 Å². The summed E-state index contributed by atoms with van der Waals surface area (Å²) in [6.45, 7) is -0.0532. The number of nitrogens with one attached hydrogen (secondary N) is 1. The molecule has 6 rings (SSSR count). The van der Waals surface area contributed by atoms with Crippen LogP contribution in [0, 0.1) is 5.82 Å². The number of hydrogen-bond donors (Lipinski definition) is 2. The quantitative estimate of drug-likeness (QED) is 0.278. The molecular weight excluding hydrogens is 501 g/mol. The first kappa shape index (κ1) is 22.8. The standard InChI is InChI=1S/C27H17ClFN3O5/c1-36-15-5-4-13-9-14(25(28)31-19(13)10-15)12-32-20-11-18(29)16-6-8-37-24(16)22(20)21(23(32)27(34)35)17-3-2-7-30-26(17)33/h2-11H,12H2,1H3,(H,30,33)(H,34,35). The van der Waals surface area contributed by atoms with Crippen LogP contribution in [0.15, 0.2) is 70.2 Å². The fourth-order valence-corrected chi connectivity index (χ4v) is 4.95. The van der Waals surface area contributed by atoms with Crippen molar-refractivity contribution in [1.29, 1.82) is 0 Å². The van der Waals surface area contributed by atoms with Gasteiger partial charge in [0, 0.05) is 28.8 Å². The highest BCUT2D eigenvalue weighted by molar-refractivity contribution is 6.30. The van der Waals surface area contributed by atoms with Crippen LogP contribution in [-0.2, 0) is 6.54 Å². The summed E-state index contributed by atoms with van der Waals surface area (Å²) in [5.74, 6) is -1.27. The fourth-order valence-electron chi connectivity index (χ4n) is 4.75. The molecule has 2 N–H and O–H groups in total. The van der Waals surface area contributed by atoms with E-state index in [1.807, 2.05) is 6.07 Å². The lowest BCUT2D eigenvalue weighted by atomic mass is 10.0. The van der Waals surface area contributed by atoms with Gasteiger partial charge < -0.3 is 23.8 Å². The minimum absolute atomic E-state index is 0.0532. The molecule has 0 aliphatic rings. The molecule has 10 heteroatoms. The van der Waals surface area contributed by atoms with Crippen molar-refractivity contribution in [1.82, 2.24) is 14.5 Å². The molecule has 0 spiro atoms. The molecule has 0 atom stereocenters. The number of carbonyl (C=O) groups is 1. The van der Waals surface area contributed by atoms with Gasteiger partial charge in [0.25, 0.3) is 5.56 Å². The van der Waals surface area contributed by atoms with Crippen LogP contribution < -0.4 is 10.3 Å². The van der Waals surface area contributed by atoms with Crippen molar-refractivity contribution in [2.45, 2.75) is 6.54 Å². The highest BCUT2D eigenvalue weighted by atomic mass is 35.5. The third-order valence-electron chi connectivity index (χ3n) is 6.39. The molecule has 0 fully saturated rings. The zero-order valence-electron chi connectivity index (χ0n) is 19.2. The third kappa shape index (κ3) is 3.54. The van der Waals surface area contributed by atoms with Crippen LogP contribution in [0.4, 0.5) is 4.39 Å². The van der Waals surface area contributed by atoms with Crippen molar-refractivity contribution in [3.05, 3.63) is 93.6 Å². The minimum Gasteiger partial charge on any atom is -0.497 e. The van der Waals surface area contributed by atoms with Gasteiger partial charge in [0.15, 0.2) is 0 Å². The molecule has 37 heavy (non-hydrogen) atoms. The minimum atomic E-state index is -1.30. The van der Waals surface area contributed by atoms with E-state index in [1.165, 1.54) is 35.2 Å². The van der Waals surface area contributed by atoms with Crippen molar-refractivity contribution >= 4 is 50.3 Å². The average molecular weight is 518 g/mol. The molecule has 0 saturated carbocycles. The maximum Gasteiger partial charge on any atom is 0.353 e. The third-order valence-corrected chi connectivity index (χ3v) is 6.71. The van der Waals surface area contributed by atoms with Gasteiger partial charge in [-0.3, -0.25) is 4.79 Å². The summed E-state index contributed by atoms with van der Waals surface area (Å²) >= 11 is 6.53. The van der Waals surface area contributed by atoms with E-state index in [1.54, 1.807) is 31.4 Å². The Bertz CT molecular complexity index is 1940. The second-order valence-electron chi connectivity index (χ2n) is 8.44. The Morgan fingerprint density at radius 3 is 2.84 bits per heavy atom. The number of carboxylic acids is 1. The van der Waals surface area contributed by atoms with Crippen molar-refractivity contribution in [3.8, 4) is 16.9 Å². The summed E-state index contributed by atoms with van der Waals surface area (Å²) in [5, 5.41) is 11.7. The van der Waals surface area contributed by atoms with Gasteiger partial charge in [-0.2, -0.15) is 0 Å². The summed E-state index contributed by atoms with van der Waals surface area (Å²) < 4.78 is 27.4. The van der Waals surface area contributed by atoms with E-state index in [0.29, 0.717) is 22.2 Å². The van der Waals surface area contributed by atoms with Gasteiger partial charge in [0.05, 0.1) is 47.3 Å². The largest absolute Gasteiger partial charge is 0.497 e. The predicted octanol–water partition coefficient (Wildman–Crippen LogP) is 5.84. The van der Waals surface area contributed by atoms with E-state index in [0.717, 1.165) is 5.39 Å². The molecule has 184 valence electrons. The van der Waals surface area contributed by atoms with Crippen LogP contribution in [0.2, 0.25) is 5.15 Å². The number of aromatic nitrogens is 3. The van der Waals surface area contributed by atoms with Crippen molar-refractivity contribution in [3.63, 3.8) is 0 Å². The number of rotatable bonds is 5. The van der Waals surface area contributed by atoms with Crippen LogP contribution in [0.25, 0.3) is 43.9 Å². The van der Waals surface area contributed by atoms with Gasteiger partial charge in [0.2, 0.25) is 0 Å². The average Bonchev–Trinajstić information content (AvgIpc) is 3.48. The predicted molar refractivity (Wildman–Crippen MR) is 137 cm³/mol. The Kier molecular flexibility index (Phi) is 5.24. The number of ether oxygens (including phenoxy) is 1. The van der Waals surface area contributed by atoms with Crippen molar-refractivity contribution in [2.24, 2.45) is 0 Å². The fraction of sp³-hybridized carbons (Fsp3) is 0.0741. The number of furan rings is 1. The maximum absolute atomic E-state index is 15.1. The van der Waals surface area contributed by atoms with Crippen LogP contribution in [-0.4, -0.2) is 32.7 Å². The molecule has 6 aromatic rings. The topological polar surface area (TPSA) is 110 Å². The highest BCUT2D eigenvalue weighted by Crippen LogP contribution is 2.40. The van der Waals surface area contributed by atoms with Gasteiger partial charge in [-0.25, -0.2) is 14.2 Å². The lowest BCUT2D eigenvalue weighted by Crippen LogP contribution is -2.14. The second kappa shape index (κ2) is 8.49. The molecule has 8 nitrogen and oxygen atoms in total. The number of fused-ring (bicyclic) bond motifs is 4. The number of H-pyrrole nitrogens is 1. The summed E-state index contributed by atoms with van der Waals surface area (Å²) in [6.07, 6.45) is 2.77. The Balaban J connectivity index is 1.68. The Morgan fingerprint density at radius 1 is 1.24 bits per heavy atom. The first-order chi connectivity index (χ1) is 17.9. The number of carboxylic acid groups (broad SMARTS) is 1. The lowest BCUT2D eigenvalue weighted by Gasteiger charge is -2.12. The molecule has 0 aliphatic carbocycles. The maximum atomic E-state index is 15.1. The number of methoxy groups -OCH3 is 1. The van der Waals surface area contributed by atoms with E-state index in [2.05, 4.69) is 9.97 Å². The Hall–Kier alpha value is -4.63. The number of nitrogens with zero attached hydrogens (tertiary/aromatic N) is 2. The molecule has 4 heterocycles. The van der Waals surface area contributed by atoms with Gasteiger partial charge in [-0.05, 0) is 42.5 Å². The Morgan fingerprint density at radius 2 is 2.08 bits per heavy atom. The number of hydrogen-bond acceptors (Lipinski definition) is 5. The zero-order chi connectivity index (χ0) is 25.8. The van der Waals surface area contributed by atoms with E-state index < -0.39 is 17.3 Å². The first-order valence-electron chi connectivity index (χ1n) is 11.1. The number of benzene rings is 2. The van der Waals surface area contributed by atoms with Crippen molar-refractivity contribution in [2.75, 3.05) is 7.11 Å². The summed E-state index contributed by atoms with van der Waals surface area (Å²) in [7, 11) is 1.55. The number of halogens is 2. The molecule has 0 bridgehead atoms. The normalized spacial score (nSPS) is 11.5. The molecule has 0 unspecified atom stereocenters. The van der Waals surface area contributed by atoms with E-state index >= 15 is 4.39 Å². The summed E-state index contributed by atoms with van der Waals surface area (Å²) in [6, 6.07) is 12.9. The summed E-state index contributed by atoms with van der Waals surface area (Å²) in [5.41, 5.74) is 1.02. The van der Waals surface area contributed by atoms with Gasteiger partial charge in [-0.15, -0.1) is 0 Å². The summed E-state index contributed by atoms with van der Waals surface area (Å²) in [4.78, 5) is 32.5. The van der Waals surface area contributed by atoms with Gasteiger partial charge in [-0.1, -0.05) is 11.6 Å². The monoisotopic (exact) mass is 517 g/mol. The number of aromatic amines is 1. The van der Waals surface area contributed by atoms with E-state index in [4.69, 9.17) is 20.8 Å². The zero-order valence-corrected chi connectivity index (χ0v) is 20.0. The molecule has 4 aromatic heterocycles. The SMILES string of the molecule is COc1ccc2cc(Cn3c(C(=O)O)c(-c4ccc[nH]c4=O)c4c5occc5c(F)cc43)c(Cl)nc2c1. The Labute approximate surface area is 212 Å². The first-order valence-corrected chi connectivity index (χ1v) is 11.5. The molecule has 0 radical (unpaired) electrons. The molecule has 0 aliphatic heterocycles. The molecule has 0 amide bonds. The van der Waals surface area contributed by atoms with E-state index in [-0.39, 0.29) is 45.0 Å². The molecule has 0 saturated heterocycles. The number of aromatic carboxylic acids is 1.